The number of fused-ring (bicyclic) bond motifs is 1. The lowest BCUT2D eigenvalue weighted by atomic mass is 9.94. The molecule has 2 aliphatic rings. The van der Waals surface area contributed by atoms with Crippen molar-refractivity contribution in [3.05, 3.63) is 72.6 Å². The summed E-state index contributed by atoms with van der Waals surface area (Å²) in [4.78, 5) is 46.6. The second-order valence-electron chi connectivity index (χ2n) is 12.6. The Balaban J connectivity index is 1.08. The van der Waals surface area contributed by atoms with E-state index in [9.17, 15) is 9.59 Å². The number of alkyl halides is 1. The lowest BCUT2D eigenvalue weighted by Gasteiger charge is -2.46. The van der Waals surface area contributed by atoms with Crippen LogP contribution in [0.25, 0.3) is 22.3 Å². The number of anilines is 3. The van der Waals surface area contributed by atoms with Gasteiger partial charge in [-0.2, -0.15) is 0 Å². The molecule has 2 fully saturated rings. The van der Waals surface area contributed by atoms with Crippen molar-refractivity contribution in [2.24, 2.45) is 0 Å². The number of rotatable bonds is 10. The van der Waals surface area contributed by atoms with Crippen molar-refractivity contribution in [1.29, 1.82) is 0 Å². The molecule has 0 spiro atoms. The van der Waals surface area contributed by atoms with E-state index in [1.165, 1.54) is 11.0 Å². The summed E-state index contributed by atoms with van der Waals surface area (Å²) in [5.41, 5.74) is 3.66. The number of hydrogen-bond acceptors (Lipinski definition) is 10. The van der Waals surface area contributed by atoms with Gasteiger partial charge in [-0.25, -0.2) is 14.4 Å². The Hall–Kier alpha value is -5.30. The average Bonchev–Trinajstić information content (AvgIpc) is 3.09. The maximum absolute atomic E-state index is 15.4. The van der Waals surface area contributed by atoms with E-state index in [2.05, 4.69) is 15.2 Å². The van der Waals surface area contributed by atoms with Gasteiger partial charge in [0.2, 0.25) is 11.6 Å². The van der Waals surface area contributed by atoms with Crippen LogP contribution in [0.3, 0.4) is 0 Å². The third-order valence-corrected chi connectivity index (χ3v) is 8.75. The van der Waals surface area contributed by atoms with Gasteiger partial charge < -0.3 is 34.4 Å². The van der Waals surface area contributed by atoms with Crippen molar-refractivity contribution in [2.75, 3.05) is 84.3 Å². The minimum absolute atomic E-state index is 0.216. The number of amides is 2. The van der Waals surface area contributed by atoms with E-state index in [1.807, 2.05) is 68.4 Å². The fraction of sp³-hybridized carbons (Fsp3) is 0.361. The van der Waals surface area contributed by atoms with E-state index in [4.69, 9.17) is 19.4 Å². The number of aromatic nitrogens is 3. The van der Waals surface area contributed by atoms with E-state index in [1.54, 1.807) is 37.6 Å². The zero-order chi connectivity index (χ0) is 34.7. The van der Waals surface area contributed by atoms with Crippen molar-refractivity contribution in [3.8, 4) is 22.8 Å². The molecule has 2 saturated heterocycles. The Morgan fingerprint density at radius 2 is 1.63 bits per heavy atom. The fourth-order valence-corrected chi connectivity index (χ4v) is 5.99. The number of piperazine rings is 1. The van der Waals surface area contributed by atoms with E-state index in [0.29, 0.717) is 49.9 Å². The van der Waals surface area contributed by atoms with E-state index >= 15 is 4.39 Å². The van der Waals surface area contributed by atoms with Gasteiger partial charge in [0.25, 0.3) is 5.91 Å². The topological polar surface area (TPSA) is 116 Å². The Morgan fingerprint density at radius 3 is 2.29 bits per heavy atom. The molecule has 13 heteroatoms. The van der Waals surface area contributed by atoms with Gasteiger partial charge >= 0.3 is 0 Å². The van der Waals surface area contributed by atoms with Gasteiger partial charge in [0.05, 0.1) is 50.2 Å². The lowest BCUT2D eigenvalue weighted by molar-refractivity contribution is -0.162. The summed E-state index contributed by atoms with van der Waals surface area (Å²) in [5, 5.41) is 3.39. The minimum Gasteiger partial charge on any atom is -0.497 e. The van der Waals surface area contributed by atoms with Gasteiger partial charge in [-0.3, -0.25) is 14.6 Å². The standard InChI is InChI=1S/C36H41FN8O4/c1-24-15-33(43-11-13-44(14-12-43)35(47)36(37)22-45(23-36)34(46)7-6-10-42(2)3)39-20-29(24)32-21-38-30-9-8-25(18-31(30)41-32)40-26-16-27(48-4)19-28(17-26)49-5/h6-9,15-21,40H,10-14,22-23H2,1-5H3/b7-6+. The first-order valence-corrected chi connectivity index (χ1v) is 16.1. The Morgan fingerprint density at radius 1 is 0.918 bits per heavy atom. The molecule has 0 radical (unpaired) electrons. The van der Waals surface area contributed by atoms with Gasteiger partial charge in [-0.15, -0.1) is 0 Å². The molecule has 0 saturated carbocycles. The Bertz CT molecular complexity index is 1860. The second kappa shape index (κ2) is 14.0. The number of ether oxygens (including phenoxy) is 2. The molecule has 12 nitrogen and oxygen atoms in total. The number of pyridine rings is 1. The number of carbonyl (C=O) groups is 2. The first-order chi connectivity index (χ1) is 23.5. The molecule has 2 aromatic heterocycles. The summed E-state index contributed by atoms with van der Waals surface area (Å²) in [6.07, 6.45) is 6.71. The zero-order valence-corrected chi connectivity index (χ0v) is 28.4. The maximum atomic E-state index is 15.4. The predicted octanol–water partition coefficient (Wildman–Crippen LogP) is 4.08. The molecule has 1 N–H and O–H groups in total. The van der Waals surface area contributed by atoms with Gasteiger partial charge in [0.1, 0.15) is 17.3 Å². The van der Waals surface area contributed by atoms with Crippen molar-refractivity contribution in [2.45, 2.75) is 12.6 Å². The molecule has 49 heavy (non-hydrogen) atoms. The number of hydrogen-bond donors (Lipinski definition) is 1. The highest BCUT2D eigenvalue weighted by atomic mass is 19.1. The number of nitrogens with one attached hydrogen (secondary N) is 1. The average molecular weight is 669 g/mol. The maximum Gasteiger partial charge on any atom is 0.264 e. The lowest BCUT2D eigenvalue weighted by Crippen LogP contribution is -2.68. The number of methoxy groups -OCH3 is 2. The predicted molar refractivity (Wildman–Crippen MR) is 187 cm³/mol. The minimum atomic E-state index is -2.04. The summed E-state index contributed by atoms with van der Waals surface area (Å²) in [6.45, 7) is 3.98. The fourth-order valence-electron chi connectivity index (χ4n) is 5.99. The van der Waals surface area contributed by atoms with Crippen LogP contribution < -0.4 is 19.7 Å². The zero-order valence-electron chi connectivity index (χ0n) is 28.4. The Labute approximate surface area is 285 Å². The number of halogens is 1. The van der Waals surface area contributed by atoms with Crippen LogP contribution in [-0.2, 0) is 9.59 Å². The van der Waals surface area contributed by atoms with E-state index in [0.717, 1.165) is 39.4 Å². The van der Waals surface area contributed by atoms with E-state index < -0.39 is 11.6 Å². The first-order valence-electron chi connectivity index (χ1n) is 16.1. The van der Waals surface area contributed by atoms with E-state index in [-0.39, 0.29) is 19.0 Å². The number of aryl methyl sites for hydroxylation is 1. The van der Waals surface area contributed by atoms with Gasteiger partial charge in [0, 0.05) is 80.1 Å². The molecule has 2 amide bonds. The second-order valence-corrected chi connectivity index (χ2v) is 12.6. The third kappa shape index (κ3) is 7.41. The molecule has 2 aromatic carbocycles. The first kappa shape index (κ1) is 33.6. The molecule has 2 aliphatic heterocycles. The van der Waals surface area contributed by atoms with Crippen molar-refractivity contribution < 1.29 is 23.5 Å². The van der Waals surface area contributed by atoms with Crippen LogP contribution >= 0.6 is 0 Å². The van der Waals surface area contributed by atoms with Gasteiger partial charge in [0.15, 0.2) is 0 Å². The molecular weight excluding hydrogens is 627 g/mol. The van der Waals surface area contributed by atoms with Crippen molar-refractivity contribution in [1.82, 2.24) is 29.7 Å². The third-order valence-electron chi connectivity index (χ3n) is 8.75. The molecule has 0 unspecified atom stereocenters. The summed E-state index contributed by atoms with van der Waals surface area (Å²) in [6, 6.07) is 13.4. The largest absolute Gasteiger partial charge is 0.497 e. The molecule has 4 aromatic rings. The summed E-state index contributed by atoms with van der Waals surface area (Å²) in [7, 11) is 7.02. The monoisotopic (exact) mass is 668 g/mol. The van der Waals surface area contributed by atoms with Gasteiger partial charge in [-0.05, 0) is 50.8 Å². The number of nitrogens with zero attached hydrogens (tertiary/aromatic N) is 7. The number of likely N-dealkylation sites (tertiary alicyclic amines) is 1. The molecular formula is C36H41FN8O4. The van der Waals surface area contributed by atoms with Crippen LogP contribution in [0.15, 0.2) is 67.0 Å². The highest BCUT2D eigenvalue weighted by molar-refractivity contribution is 5.94. The van der Waals surface area contributed by atoms with Crippen LogP contribution in [-0.4, -0.2) is 121 Å². The molecule has 0 bridgehead atoms. The highest BCUT2D eigenvalue weighted by Gasteiger charge is 2.53. The van der Waals surface area contributed by atoms with Crippen LogP contribution in [0.4, 0.5) is 21.6 Å². The molecule has 256 valence electrons. The number of carbonyl (C=O) groups excluding carboxylic acids is 2. The molecule has 6 rings (SSSR count). The molecule has 0 aliphatic carbocycles. The highest BCUT2D eigenvalue weighted by Crippen LogP contribution is 2.32. The SMILES string of the molecule is COc1cc(Nc2ccc3ncc(-c4cnc(N5CCN(C(=O)C6(F)CN(C(=O)/C=C/CN(C)C)C6)CC5)cc4C)nc3c2)cc(OC)c1. The number of likely N-dealkylation sites (N-methyl/N-ethyl adjacent to an activating group) is 1. The van der Waals surface area contributed by atoms with Crippen LogP contribution in [0, 0.1) is 6.92 Å². The quantitative estimate of drug-likeness (QED) is 0.248. The van der Waals surface area contributed by atoms with Crippen molar-refractivity contribution in [3.63, 3.8) is 0 Å². The van der Waals surface area contributed by atoms with Crippen LogP contribution in [0.2, 0.25) is 0 Å². The van der Waals surface area contributed by atoms with Crippen LogP contribution in [0.1, 0.15) is 5.56 Å². The summed E-state index contributed by atoms with van der Waals surface area (Å²) in [5.74, 6) is 1.31. The smallest absolute Gasteiger partial charge is 0.264 e. The van der Waals surface area contributed by atoms with Gasteiger partial charge in [-0.1, -0.05) is 6.08 Å². The Kier molecular flexibility index (Phi) is 9.63. The van der Waals surface area contributed by atoms with Crippen LogP contribution in [0.5, 0.6) is 11.5 Å². The number of benzene rings is 2. The molecule has 0 atom stereocenters. The normalized spacial score (nSPS) is 15.9. The summed E-state index contributed by atoms with van der Waals surface area (Å²) >= 11 is 0. The summed E-state index contributed by atoms with van der Waals surface area (Å²) < 4.78 is 26.2. The molecule has 4 heterocycles. The van der Waals surface area contributed by atoms with Crippen molar-refractivity contribution >= 4 is 40.0 Å².